The summed E-state index contributed by atoms with van der Waals surface area (Å²) < 4.78 is 19.2. The summed E-state index contributed by atoms with van der Waals surface area (Å²) in [6, 6.07) is 7.73. The summed E-state index contributed by atoms with van der Waals surface area (Å²) in [6.45, 7) is 3.28. The fourth-order valence-electron chi connectivity index (χ4n) is 4.03. The van der Waals surface area contributed by atoms with Crippen LogP contribution in [0.25, 0.3) is 22.5 Å². The highest BCUT2D eigenvalue weighted by Crippen LogP contribution is 2.45. The van der Waals surface area contributed by atoms with Crippen LogP contribution >= 0.6 is 11.8 Å². The number of nitrogens with one attached hydrogen (secondary N) is 1. The molecule has 1 saturated carbocycles. The molecule has 11 heteroatoms. The maximum absolute atomic E-state index is 12.0. The molecule has 0 saturated heterocycles. The molecule has 0 bridgehead atoms. The normalized spacial score (nSPS) is 14.5. The van der Waals surface area contributed by atoms with E-state index in [0.29, 0.717) is 46.7 Å². The number of ether oxygens (including phenoxy) is 2. The molecule has 4 heterocycles. The van der Waals surface area contributed by atoms with Crippen LogP contribution in [0.1, 0.15) is 25.0 Å². The van der Waals surface area contributed by atoms with Gasteiger partial charge in [-0.2, -0.15) is 0 Å². The van der Waals surface area contributed by atoms with Crippen molar-refractivity contribution >= 4 is 34.7 Å². The second-order valence-electron chi connectivity index (χ2n) is 8.61. The number of aromatic nitrogens is 4. The van der Waals surface area contributed by atoms with E-state index in [1.54, 1.807) is 0 Å². The van der Waals surface area contributed by atoms with Gasteiger partial charge in [0.05, 0.1) is 0 Å². The lowest BCUT2D eigenvalue weighted by molar-refractivity contribution is -0.122. The molecule has 35 heavy (non-hydrogen) atoms. The Kier molecular flexibility index (Phi) is 5.48. The molecule has 2 aliphatic rings. The third-order valence-electron chi connectivity index (χ3n) is 6.01. The van der Waals surface area contributed by atoms with Gasteiger partial charge in [-0.05, 0) is 50.5 Å². The van der Waals surface area contributed by atoms with Crippen molar-refractivity contribution in [1.82, 2.24) is 24.8 Å². The summed E-state index contributed by atoms with van der Waals surface area (Å²) in [5.74, 6) is 3.55. The molecule has 1 fully saturated rings. The zero-order valence-electron chi connectivity index (χ0n) is 19.1. The van der Waals surface area contributed by atoms with E-state index >= 15 is 0 Å². The molecule has 3 N–H and O–H groups in total. The van der Waals surface area contributed by atoms with Gasteiger partial charge in [0.15, 0.2) is 33.6 Å². The lowest BCUT2D eigenvalue weighted by Crippen LogP contribution is -2.26. The van der Waals surface area contributed by atoms with Gasteiger partial charge in [0, 0.05) is 29.5 Å². The number of rotatable bonds is 8. The fourth-order valence-corrected chi connectivity index (χ4v) is 5.09. The molecule has 1 aliphatic heterocycles. The van der Waals surface area contributed by atoms with Crippen molar-refractivity contribution in [3.8, 4) is 22.8 Å². The summed E-state index contributed by atoms with van der Waals surface area (Å²) in [5.41, 5.74) is 8.20. The number of amides is 1. The molecule has 0 atom stereocenters. The number of nitrogens with zero attached hydrogens (tertiary/aromatic N) is 4. The monoisotopic (exact) mass is 492 g/mol. The van der Waals surface area contributed by atoms with Gasteiger partial charge in [0.1, 0.15) is 17.8 Å². The number of furan rings is 1. The van der Waals surface area contributed by atoms with Gasteiger partial charge >= 0.3 is 0 Å². The van der Waals surface area contributed by atoms with Crippen molar-refractivity contribution in [3.05, 3.63) is 36.4 Å². The van der Waals surface area contributed by atoms with Gasteiger partial charge in [0.2, 0.25) is 12.7 Å². The van der Waals surface area contributed by atoms with Crippen molar-refractivity contribution in [3.63, 3.8) is 0 Å². The Hall–Kier alpha value is -3.73. The van der Waals surface area contributed by atoms with Crippen molar-refractivity contribution in [2.24, 2.45) is 5.92 Å². The number of nitrogens with two attached hydrogens (primary N) is 1. The fraction of sp³-hybridized carbons (Fsp3) is 0.333. The first-order chi connectivity index (χ1) is 17.1. The van der Waals surface area contributed by atoms with Gasteiger partial charge in [-0.1, -0.05) is 11.8 Å². The third-order valence-corrected chi connectivity index (χ3v) is 7.06. The second kappa shape index (κ2) is 8.81. The zero-order chi connectivity index (χ0) is 23.9. The Labute approximate surface area is 205 Å². The number of carbonyl (C=O) groups is 1. The lowest BCUT2D eigenvalue weighted by atomic mass is 10.1. The number of fused-ring (bicyclic) bond motifs is 2. The third kappa shape index (κ3) is 4.27. The molecule has 3 aromatic heterocycles. The van der Waals surface area contributed by atoms with Crippen molar-refractivity contribution in [1.29, 1.82) is 0 Å². The Bertz CT molecular complexity index is 1430. The molecule has 0 radical (unpaired) electrons. The minimum Gasteiger partial charge on any atom is -0.461 e. The van der Waals surface area contributed by atoms with Gasteiger partial charge in [-0.15, -0.1) is 0 Å². The first-order valence-electron chi connectivity index (χ1n) is 11.5. The van der Waals surface area contributed by atoms with E-state index in [4.69, 9.17) is 24.6 Å². The van der Waals surface area contributed by atoms with E-state index in [0.717, 1.165) is 41.2 Å². The lowest BCUT2D eigenvalue weighted by Gasteiger charge is -2.12. The predicted molar refractivity (Wildman–Crippen MR) is 129 cm³/mol. The first-order valence-corrected chi connectivity index (χ1v) is 12.3. The van der Waals surface area contributed by atoms with Gasteiger partial charge in [-0.25, -0.2) is 15.0 Å². The van der Waals surface area contributed by atoms with Crippen molar-refractivity contribution < 1.29 is 18.7 Å². The van der Waals surface area contributed by atoms with Crippen molar-refractivity contribution in [2.45, 2.75) is 42.8 Å². The van der Waals surface area contributed by atoms with Crippen LogP contribution in [0, 0.1) is 12.8 Å². The van der Waals surface area contributed by atoms with Crippen LogP contribution in [0.15, 0.2) is 45.1 Å². The molecule has 0 spiro atoms. The number of carbonyl (C=O) groups excluding carboxylic acids is 1. The average Bonchev–Trinajstić information content (AvgIpc) is 3.29. The highest BCUT2D eigenvalue weighted by molar-refractivity contribution is 7.99. The maximum Gasteiger partial charge on any atom is 0.231 e. The predicted octanol–water partition coefficient (Wildman–Crippen LogP) is 3.77. The Morgan fingerprint density at radius 2 is 2.06 bits per heavy atom. The molecule has 6 rings (SSSR count). The highest BCUT2D eigenvalue weighted by atomic mass is 32.2. The standard InChI is InChI=1S/C24H24N6O4S/c1-13-3-6-16(34-13)15-9-17-18(33-12-32-17)10-19(15)35-24-29-20-21(25)27-11-28-22(20)30(24)8-2-7-26-23(31)14-4-5-14/h3,6,9-11,14H,2,4-5,7-8,12H2,1H3,(H,26,31)(H2,25,27,28). The van der Waals surface area contributed by atoms with Crippen LogP contribution in [0.3, 0.4) is 0 Å². The number of hydrogen-bond donors (Lipinski definition) is 2. The Morgan fingerprint density at radius 3 is 2.83 bits per heavy atom. The molecular formula is C24H24N6O4S. The van der Waals surface area contributed by atoms with Crippen LogP contribution in [-0.4, -0.2) is 38.8 Å². The molecule has 1 aliphatic carbocycles. The van der Waals surface area contributed by atoms with Gasteiger partial charge < -0.3 is 29.5 Å². The SMILES string of the molecule is Cc1ccc(-c2cc3c(cc2Sc2nc4c(N)ncnc4n2CCCNC(=O)C2CC2)OCO3)o1. The van der Waals surface area contributed by atoms with Crippen LogP contribution < -0.4 is 20.5 Å². The largest absolute Gasteiger partial charge is 0.461 e. The van der Waals surface area contributed by atoms with E-state index in [2.05, 4.69) is 15.3 Å². The second-order valence-corrected chi connectivity index (χ2v) is 9.62. The van der Waals surface area contributed by atoms with E-state index in [1.165, 1.54) is 18.1 Å². The Balaban J connectivity index is 1.34. The number of anilines is 1. The summed E-state index contributed by atoms with van der Waals surface area (Å²) in [4.78, 5) is 26.2. The van der Waals surface area contributed by atoms with E-state index < -0.39 is 0 Å². The van der Waals surface area contributed by atoms with E-state index in [-0.39, 0.29) is 18.6 Å². The maximum atomic E-state index is 12.0. The van der Waals surface area contributed by atoms with Crippen molar-refractivity contribution in [2.75, 3.05) is 19.1 Å². The first kappa shape index (κ1) is 21.8. The molecule has 1 amide bonds. The number of imidazole rings is 1. The summed E-state index contributed by atoms with van der Waals surface area (Å²) in [5, 5.41) is 3.73. The van der Waals surface area contributed by atoms with Crippen LogP contribution in [-0.2, 0) is 11.3 Å². The molecular weight excluding hydrogens is 468 g/mol. The molecule has 0 unspecified atom stereocenters. The number of hydrogen-bond acceptors (Lipinski definition) is 9. The minimum absolute atomic E-state index is 0.139. The van der Waals surface area contributed by atoms with Gasteiger partial charge in [-0.3, -0.25) is 4.79 Å². The number of aryl methyl sites for hydroxylation is 2. The van der Waals surface area contributed by atoms with Crippen LogP contribution in [0.2, 0.25) is 0 Å². The van der Waals surface area contributed by atoms with Crippen LogP contribution in [0.5, 0.6) is 11.5 Å². The topological polar surface area (TPSA) is 130 Å². The number of benzene rings is 1. The average molecular weight is 493 g/mol. The summed E-state index contributed by atoms with van der Waals surface area (Å²) >= 11 is 1.47. The Morgan fingerprint density at radius 1 is 1.23 bits per heavy atom. The van der Waals surface area contributed by atoms with E-state index in [1.807, 2.05) is 35.8 Å². The summed E-state index contributed by atoms with van der Waals surface area (Å²) in [6.07, 6.45) is 4.15. The number of nitrogen functional groups attached to an aromatic ring is 1. The molecule has 4 aromatic rings. The molecule has 1 aromatic carbocycles. The molecule has 10 nitrogen and oxygen atoms in total. The minimum atomic E-state index is 0.139. The van der Waals surface area contributed by atoms with E-state index in [9.17, 15) is 4.79 Å². The quantitative estimate of drug-likeness (QED) is 0.353. The summed E-state index contributed by atoms with van der Waals surface area (Å²) in [7, 11) is 0. The highest BCUT2D eigenvalue weighted by Gasteiger charge is 2.29. The van der Waals surface area contributed by atoms with Gasteiger partial charge in [0.25, 0.3) is 0 Å². The zero-order valence-corrected chi connectivity index (χ0v) is 19.9. The molecule has 180 valence electrons. The van der Waals surface area contributed by atoms with Crippen LogP contribution in [0.4, 0.5) is 5.82 Å². The smallest absolute Gasteiger partial charge is 0.231 e.